The van der Waals surface area contributed by atoms with E-state index in [2.05, 4.69) is 36.4 Å². The first kappa shape index (κ1) is 19.5. The van der Waals surface area contributed by atoms with E-state index in [4.69, 9.17) is 4.52 Å². The Labute approximate surface area is 183 Å². The van der Waals surface area contributed by atoms with Crippen molar-refractivity contribution in [2.75, 3.05) is 4.90 Å². The molecule has 2 aliphatic heterocycles. The van der Waals surface area contributed by atoms with Crippen LogP contribution in [0.25, 0.3) is 11.4 Å². The molecule has 1 aromatic heterocycles. The van der Waals surface area contributed by atoms with Crippen LogP contribution in [0.5, 0.6) is 0 Å². The van der Waals surface area contributed by atoms with E-state index in [9.17, 15) is 14.0 Å². The number of hydrogen-bond acceptors (Lipinski definition) is 8. The number of amides is 2. The zero-order chi connectivity index (χ0) is 21.7. The summed E-state index contributed by atoms with van der Waals surface area (Å²) in [7, 11) is 0. The highest BCUT2D eigenvalue weighted by atomic mass is 79.9. The molecular weight excluding hydrogens is 471 g/mol. The number of carbonyl (C=O) groups is 2. The molecule has 0 radical (unpaired) electrons. The fraction of sp³-hybridized carbons (Fsp3) is 0.200. The Morgan fingerprint density at radius 2 is 1.90 bits per heavy atom. The molecule has 2 unspecified atom stereocenters. The molecule has 1 fully saturated rings. The lowest BCUT2D eigenvalue weighted by atomic mass is 10.1. The molecule has 2 amide bonds. The largest absolute Gasteiger partial charge is 0.337 e. The molecule has 11 heteroatoms. The maximum atomic E-state index is 14.0. The van der Waals surface area contributed by atoms with Crippen molar-refractivity contribution in [3.63, 3.8) is 0 Å². The van der Waals surface area contributed by atoms with E-state index in [1.165, 1.54) is 17.1 Å². The second-order valence-corrected chi connectivity index (χ2v) is 8.07. The highest BCUT2D eigenvalue weighted by molar-refractivity contribution is 9.10. The molecule has 5 rings (SSSR count). The molecule has 31 heavy (non-hydrogen) atoms. The van der Waals surface area contributed by atoms with Crippen molar-refractivity contribution in [2.45, 2.75) is 25.6 Å². The molecule has 0 bridgehead atoms. The van der Waals surface area contributed by atoms with Crippen molar-refractivity contribution in [3.8, 4) is 11.4 Å². The van der Waals surface area contributed by atoms with Gasteiger partial charge in [0.1, 0.15) is 12.4 Å². The van der Waals surface area contributed by atoms with E-state index in [0.29, 0.717) is 11.4 Å². The summed E-state index contributed by atoms with van der Waals surface area (Å²) in [6.45, 7) is 1.60. The normalized spacial score (nSPS) is 20.1. The molecule has 0 spiro atoms. The predicted molar refractivity (Wildman–Crippen MR) is 109 cm³/mol. The maximum absolute atomic E-state index is 14.0. The molecule has 2 atom stereocenters. The van der Waals surface area contributed by atoms with Crippen LogP contribution in [0.3, 0.4) is 0 Å². The maximum Gasteiger partial charge on any atom is 0.263 e. The first-order chi connectivity index (χ1) is 14.9. The summed E-state index contributed by atoms with van der Waals surface area (Å²) in [5, 5.41) is 13.2. The molecule has 156 valence electrons. The van der Waals surface area contributed by atoms with Gasteiger partial charge >= 0.3 is 0 Å². The first-order valence-corrected chi connectivity index (χ1v) is 10.1. The van der Waals surface area contributed by atoms with E-state index < -0.39 is 29.7 Å². The van der Waals surface area contributed by atoms with Crippen LogP contribution in [0.4, 0.5) is 10.1 Å². The SMILES string of the molecule is Cc1ccc(N2C(=O)C3N=NN(Cc4nc(-c5ccc(Br)cc5)no4)C3C2=O)cc1F. The minimum absolute atomic E-state index is 0.00329. The third-order valence-electron chi connectivity index (χ3n) is 5.14. The summed E-state index contributed by atoms with van der Waals surface area (Å²) >= 11 is 3.37. The Morgan fingerprint density at radius 1 is 1.13 bits per heavy atom. The van der Waals surface area contributed by atoms with Crippen molar-refractivity contribution in [3.05, 3.63) is 64.2 Å². The topological polar surface area (TPSA) is 104 Å². The zero-order valence-electron chi connectivity index (χ0n) is 16.1. The van der Waals surface area contributed by atoms with E-state index in [1.807, 2.05) is 24.3 Å². The van der Waals surface area contributed by atoms with Gasteiger partial charge in [-0.15, -0.1) is 0 Å². The fourth-order valence-corrected chi connectivity index (χ4v) is 3.77. The Kier molecular flexibility index (Phi) is 4.62. The number of aryl methyl sites for hydroxylation is 1. The Bertz CT molecular complexity index is 1230. The van der Waals surface area contributed by atoms with E-state index in [1.54, 1.807) is 6.92 Å². The number of hydrogen-bond donors (Lipinski definition) is 0. The lowest BCUT2D eigenvalue weighted by Crippen LogP contribution is -2.39. The lowest BCUT2D eigenvalue weighted by Gasteiger charge is -2.19. The molecule has 2 aliphatic rings. The number of nitrogens with zero attached hydrogens (tertiary/aromatic N) is 6. The number of benzene rings is 2. The summed E-state index contributed by atoms with van der Waals surface area (Å²) < 4.78 is 20.2. The van der Waals surface area contributed by atoms with E-state index >= 15 is 0 Å². The minimum Gasteiger partial charge on any atom is -0.337 e. The highest BCUT2D eigenvalue weighted by Crippen LogP contribution is 2.33. The number of aromatic nitrogens is 2. The van der Waals surface area contributed by atoms with Crippen LogP contribution in [-0.2, 0) is 16.1 Å². The average Bonchev–Trinajstić information content (AvgIpc) is 3.44. The fourth-order valence-electron chi connectivity index (χ4n) is 3.50. The van der Waals surface area contributed by atoms with Gasteiger partial charge in [0.25, 0.3) is 11.8 Å². The number of carbonyl (C=O) groups excluding carboxylic acids is 2. The number of imide groups is 1. The van der Waals surface area contributed by atoms with E-state index in [-0.39, 0.29) is 18.1 Å². The van der Waals surface area contributed by atoms with E-state index in [0.717, 1.165) is 21.0 Å². The van der Waals surface area contributed by atoms with Crippen LogP contribution in [-0.4, -0.2) is 39.0 Å². The highest BCUT2D eigenvalue weighted by Gasteiger charge is 2.55. The van der Waals surface area contributed by atoms with Gasteiger partial charge < -0.3 is 4.52 Å². The number of anilines is 1. The number of rotatable bonds is 4. The van der Waals surface area contributed by atoms with Crippen LogP contribution in [0, 0.1) is 12.7 Å². The van der Waals surface area contributed by atoms with Crippen molar-refractivity contribution >= 4 is 33.4 Å². The molecule has 0 aliphatic carbocycles. The summed E-state index contributed by atoms with van der Waals surface area (Å²) in [4.78, 5) is 31.0. The van der Waals surface area contributed by atoms with Gasteiger partial charge in [0.2, 0.25) is 11.7 Å². The monoisotopic (exact) mass is 484 g/mol. The van der Waals surface area contributed by atoms with Crippen molar-refractivity contribution in [1.82, 2.24) is 15.1 Å². The summed E-state index contributed by atoms with van der Waals surface area (Å²) in [5.41, 5.74) is 1.35. The third kappa shape index (κ3) is 3.30. The molecular formula is C20H14BrFN6O3. The van der Waals surface area contributed by atoms with Crippen LogP contribution < -0.4 is 4.90 Å². The average molecular weight is 485 g/mol. The Morgan fingerprint density at radius 3 is 2.65 bits per heavy atom. The zero-order valence-corrected chi connectivity index (χ0v) is 17.7. The lowest BCUT2D eigenvalue weighted by molar-refractivity contribution is -0.123. The van der Waals surface area contributed by atoms with Crippen molar-refractivity contribution in [2.24, 2.45) is 10.3 Å². The quantitative estimate of drug-likeness (QED) is 0.525. The van der Waals surface area contributed by atoms with Gasteiger partial charge in [-0.2, -0.15) is 10.1 Å². The molecule has 2 aromatic carbocycles. The van der Waals surface area contributed by atoms with Gasteiger partial charge in [0.05, 0.1) is 5.69 Å². The van der Waals surface area contributed by atoms with Crippen molar-refractivity contribution in [1.29, 1.82) is 0 Å². The van der Waals surface area contributed by atoms with Crippen LogP contribution >= 0.6 is 15.9 Å². The minimum atomic E-state index is -0.995. The number of fused-ring (bicyclic) bond motifs is 1. The number of halogens is 2. The molecule has 3 heterocycles. The molecule has 1 saturated heterocycles. The van der Waals surface area contributed by atoms with Crippen molar-refractivity contribution < 1.29 is 18.5 Å². The second-order valence-electron chi connectivity index (χ2n) is 7.16. The van der Waals surface area contributed by atoms with Crippen LogP contribution in [0.2, 0.25) is 0 Å². The van der Waals surface area contributed by atoms with Gasteiger partial charge in [-0.25, -0.2) is 9.29 Å². The Balaban J connectivity index is 1.36. The molecule has 3 aromatic rings. The first-order valence-electron chi connectivity index (χ1n) is 9.32. The molecule has 0 N–H and O–H groups in total. The van der Waals surface area contributed by atoms with Crippen LogP contribution in [0.1, 0.15) is 11.5 Å². The second kappa shape index (κ2) is 7.34. The van der Waals surface area contributed by atoms with Gasteiger partial charge in [-0.05, 0) is 48.9 Å². The molecule has 9 nitrogen and oxygen atoms in total. The van der Waals surface area contributed by atoms with Crippen LogP contribution in [0.15, 0.2) is 61.8 Å². The third-order valence-corrected chi connectivity index (χ3v) is 5.67. The van der Waals surface area contributed by atoms with Gasteiger partial charge in [0.15, 0.2) is 12.1 Å². The smallest absolute Gasteiger partial charge is 0.263 e. The van der Waals surface area contributed by atoms with Gasteiger partial charge in [0, 0.05) is 10.0 Å². The predicted octanol–water partition coefficient (Wildman–Crippen LogP) is 3.44. The van der Waals surface area contributed by atoms with Gasteiger partial charge in [-0.1, -0.05) is 32.4 Å². The molecule has 0 saturated carbocycles. The summed E-state index contributed by atoms with van der Waals surface area (Å²) in [5.74, 6) is -0.972. The summed E-state index contributed by atoms with van der Waals surface area (Å²) in [6, 6.07) is 9.65. The summed E-state index contributed by atoms with van der Waals surface area (Å²) in [6.07, 6.45) is 0. The van der Waals surface area contributed by atoms with Gasteiger partial charge in [-0.3, -0.25) is 14.6 Å². The standard InChI is InChI=1S/C20H14BrFN6O3/c1-10-2-7-13(8-14(10)22)28-19(29)16-17(20(28)30)27(26-24-16)9-15-23-18(25-31-15)11-3-5-12(21)6-4-11/h2-8,16-17H,9H2,1H3. The Hall–Kier alpha value is -3.47.